The molecule has 0 saturated carbocycles. The molecule has 0 atom stereocenters. The summed E-state index contributed by atoms with van der Waals surface area (Å²) in [5, 5.41) is 3.13. The van der Waals surface area contributed by atoms with Crippen molar-refractivity contribution in [2.45, 2.75) is 32.1 Å². The Bertz CT molecular complexity index is 459. The first kappa shape index (κ1) is 19.2. The van der Waals surface area contributed by atoms with Gasteiger partial charge >= 0.3 is 0 Å². The molecule has 0 aromatic heterocycles. The van der Waals surface area contributed by atoms with Crippen LogP contribution in [0.5, 0.6) is 0 Å². The minimum Gasteiger partial charge on any atom is -0.356 e. The molecule has 2 rings (SSSR count). The van der Waals surface area contributed by atoms with E-state index in [-0.39, 0.29) is 30.3 Å². The minimum absolute atomic E-state index is 0. The smallest absolute Gasteiger partial charge is 0.224 e. The summed E-state index contributed by atoms with van der Waals surface area (Å²) >= 11 is 5.90. The third-order valence-electron chi connectivity index (χ3n) is 3.82. The van der Waals surface area contributed by atoms with Crippen molar-refractivity contribution in [2.24, 2.45) is 0 Å². The first-order chi connectivity index (χ1) is 10.2. The number of rotatable bonds is 7. The second kappa shape index (κ2) is 10.0. The average molecular weight is 349 g/mol. The first-order valence-corrected chi connectivity index (χ1v) is 7.96. The predicted molar refractivity (Wildman–Crippen MR) is 90.3 cm³/mol. The van der Waals surface area contributed by atoms with Crippen LogP contribution in [-0.4, -0.2) is 37.0 Å². The zero-order valence-corrected chi connectivity index (χ0v) is 14.2. The molecule has 1 aromatic carbocycles. The monoisotopic (exact) mass is 348 g/mol. The van der Waals surface area contributed by atoms with Gasteiger partial charge in [0.15, 0.2) is 0 Å². The highest BCUT2D eigenvalue weighted by Crippen LogP contribution is 2.19. The van der Waals surface area contributed by atoms with E-state index < -0.39 is 5.82 Å². The highest BCUT2D eigenvalue weighted by Gasteiger charge is 2.12. The van der Waals surface area contributed by atoms with Gasteiger partial charge in [0.25, 0.3) is 0 Å². The number of unbranched alkanes of at least 4 members (excludes halogenated alkanes) is 1. The van der Waals surface area contributed by atoms with E-state index in [1.807, 2.05) is 0 Å². The number of halogens is 3. The molecule has 1 heterocycles. The van der Waals surface area contributed by atoms with E-state index in [0.29, 0.717) is 11.6 Å². The zero-order chi connectivity index (χ0) is 15.1. The average Bonchev–Trinajstić information content (AvgIpc) is 2.96. The maximum Gasteiger partial charge on any atom is 0.224 e. The molecule has 1 N–H and O–H groups in total. The van der Waals surface area contributed by atoms with Crippen LogP contribution in [0.4, 0.5) is 4.39 Å². The second-order valence-electron chi connectivity index (χ2n) is 5.48. The molecule has 6 heteroatoms. The van der Waals surface area contributed by atoms with Crippen LogP contribution in [0.1, 0.15) is 31.2 Å². The van der Waals surface area contributed by atoms with Gasteiger partial charge in [-0.05, 0) is 57.5 Å². The van der Waals surface area contributed by atoms with Crippen LogP contribution in [0, 0.1) is 5.82 Å². The Morgan fingerprint density at radius 3 is 2.68 bits per heavy atom. The van der Waals surface area contributed by atoms with Crippen molar-refractivity contribution in [1.82, 2.24) is 10.2 Å². The Labute approximate surface area is 142 Å². The molecule has 0 aliphatic carbocycles. The summed E-state index contributed by atoms with van der Waals surface area (Å²) in [6.07, 6.45) is 4.64. The number of likely N-dealkylation sites (tertiary alicyclic amines) is 1. The number of benzene rings is 1. The number of hydrogen-bond acceptors (Lipinski definition) is 2. The fourth-order valence-electron chi connectivity index (χ4n) is 2.62. The molecule has 1 aromatic rings. The Balaban J connectivity index is 0.00000242. The van der Waals surface area contributed by atoms with Crippen molar-refractivity contribution in [3.8, 4) is 0 Å². The maximum atomic E-state index is 13.6. The number of hydrogen-bond donors (Lipinski definition) is 1. The van der Waals surface area contributed by atoms with E-state index in [0.717, 1.165) is 19.4 Å². The summed E-state index contributed by atoms with van der Waals surface area (Å²) in [6.45, 7) is 4.16. The number of nitrogens with zero attached hydrogens (tertiary/aromatic N) is 1. The lowest BCUT2D eigenvalue weighted by molar-refractivity contribution is -0.120. The second-order valence-corrected chi connectivity index (χ2v) is 5.89. The molecule has 1 saturated heterocycles. The van der Waals surface area contributed by atoms with Crippen LogP contribution in [0.3, 0.4) is 0 Å². The Hall–Kier alpha value is -0.840. The largest absolute Gasteiger partial charge is 0.356 e. The van der Waals surface area contributed by atoms with Crippen molar-refractivity contribution in [3.63, 3.8) is 0 Å². The van der Waals surface area contributed by atoms with E-state index >= 15 is 0 Å². The van der Waals surface area contributed by atoms with Gasteiger partial charge in [-0.15, -0.1) is 12.4 Å². The summed E-state index contributed by atoms with van der Waals surface area (Å²) in [4.78, 5) is 14.2. The molecule has 124 valence electrons. The van der Waals surface area contributed by atoms with E-state index in [1.54, 1.807) is 6.07 Å². The molecule has 3 nitrogen and oxygen atoms in total. The van der Waals surface area contributed by atoms with Crippen LogP contribution >= 0.6 is 24.0 Å². The molecule has 0 radical (unpaired) electrons. The van der Waals surface area contributed by atoms with Crippen molar-refractivity contribution >= 4 is 29.9 Å². The molecule has 0 bridgehead atoms. The number of carbonyl (C=O) groups is 1. The van der Waals surface area contributed by atoms with Crippen LogP contribution in [0.2, 0.25) is 5.02 Å². The molecule has 22 heavy (non-hydrogen) atoms. The van der Waals surface area contributed by atoms with Crippen molar-refractivity contribution in [3.05, 3.63) is 34.6 Å². The highest BCUT2D eigenvalue weighted by molar-refractivity contribution is 6.31. The van der Waals surface area contributed by atoms with Gasteiger partial charge in [-0.3, -0.25) is 4.79 Å². The molecule has 1 aliphatic heterocycles. The van der Waals surface area contributed by atoms with Gasteiger partial charge in [0.05, 0.1) is 6.42 Å². The maximum absolute atomic E-state index is 13.6. The first-order valence-electron chi connectivity index (χ1n) is 7.59. The normalized spacial score (nSPS) is 14.6. The zero-order valence-electron chi connectivity index (χ0n) is 12.6. The highest BCUT2D eigenvalue weighted by atomic mass is 35.5. The van der Waals surface area contributed by atoms with Gasteiger partial charge in [0.2, 0.25) is 5.91 Å². The molecular weight excluding hydrogens is 326 g/mol. The molecular formula is C16H23Cl2FN2O. The Morgan fingerprint density at radius 1 is 1.27 bits per heavy atom. The van der Waals surface area contributed by atoms with Crippen molar-refractivity contribution in [1.29, 1.82) is 0 Å². The summed E-state index contributed by atoms with van der Waals surface area (Å²) in [5.74, 6) is -0.602. The Morgan fingerprint density at radius 2 is 2.00 bits per heavy atom. The number of carbonyl (C=O) groups excluding carboxylic acids is 1. The quantitative estimate of drug-likeness (QED) is 0.765. The SMILES string of the molecule is Cl.O=C(Cc1c(F)cccc1Cl)NCCCCN1CCCC1. The summed E-state index contributed by atoms with van der Waals surface area (Å²) < 4.78 is 13.6. The van der Waals surface area contributed by atoms with Gasteiger partial charge in [-0.25, -0.2) is 4.39 Å². The topological polar surface area (TPSA) is 32.3 Å². The fourth-order valence-corrected chi connectivity index (χ4v) is 2.85. The third-order valence-corrected chi connectivity index (χ3v) is 4.18. The summed E-state index contributed by atoms with van der Waals surface area (Å²) in [7, 11) is 0. The van der Waals surface area contributed by atoms with E-state index in [9.17, 15) is 9.18 Å². The van der Waals surface area contributed by atoms with E-state index in [4.69, 9.17) is 11.6 Å². The van der Waals surface area contributed by atoms with Crippen LogP contribution in [0.25, 0.3) is 0 Å². The van der Waals surface area contributed by atoms with Gasteiger partial charge in [0, 0.05) is 17.1 Å². The standard InChI is InChI=1S/C16H22ClFN2O.ClH/c17-14-6-5-7-15(18)13(14)12-16(21)19-8-1-2-9-20-10-3-4-11-20;/h5-7H,1-4,8-12H2,(H,19,21);1H. The number of amides is 1. The molecule has 1 aliphatic rings. The molecule has 0 unspecified atom stereocenters. The number of nitrogens with one attached hydrogen (secondary N) is 1. The fraction of sp³-hybridized carbons (Fsp3) is 0.562. The van der Waals surface area contributed by atoms with E-state index in [1.165, 1.54) is 38.1 Å². The van der Waals surface area contributed by atoms with E-state index in [2.05, 4.69) is 10.2 Å². The lowest BCUT2D eigenvalue weighted by Gasteiger charge is -2.14. The lowest BCUT2D eigenvalue weighted by atomic mass is 10.1. The molecule has 1 amide bonds. The molecule has 0 spiro atoms. The van der Waals surface area contributed by atoms with Crippen molar-refractivity contribution in [2.75, 3.05) is 26.2 Å². The van der Waals surface area contributed by atoms with Crippen molar-refractivity contribution < 1.29 is 9.18 Å². The van der Waals surface area contributed by atoms with Gasteiger partial charge in [-0.1, -0.05) is 17.7 Å². The van der Waals surface area contributed by atoms with Crippen LogP contribution in [0.15, 0.2) is 18.2 Å². The van der Waals surface area contributed by atoms with Gasteiger partial charge in [-0.2, -0.15) is 0 Å². The third kappa shape index (κ3) is 6.11. The Kier molecular flexibility index (Phi) is 8.76. The summed E-state index contributed by atoms with van der Waals surface area (Å²) in [6, 6.07) is 4.46. The van der Waals surface area contributed by atoms with Gasteiger partial charge < -0.3 is 10.2 Å². The van der Waals surface area contributed by atoms with Crippen LogP contribution < -0.4 is 5.32 Å². The van der Waals surface area contributed by atoms with Crippen LogP contribution in [-0.2, 0) is 11.2 Å². The predicted octanol–water partition coefficient (Wildman–Crippen LogP) is 3.44. The minimum atomic E-state index is -0.424. The lowest BCUT2D eigenvalue weighted by Crippen LogP contribution is -2.27. The summed E-state index contributed by atoms with van der Waals surface area (Å²) in [5.41, 5.74) is 0.272. The molecule has 1 fully saturated rings. The van der Waals surface area contributed by atoms with Gasteiger partial charge in [0.1, 0.15) is 5.82 Å².